The molecule has 0 aliphatic carbocycles. The molecule has 1 aromatic heterocycles. The normalized spacial score (nSPS) is 11.2. The number of nitrogens with zero attached hydrogens (tertiary/aromatic N) is 2. The van der Waals surface area contributed by atoms with Gasteiger partial charge in [-0.2, -0.15) is 0 Å². The Kier molecular flexibility index (Phi) is 5.78. The molecule has 0 spiro atoms. The van der Waals surface area contributed by atoms with E-state index >= 15 is 0 Å². The van der Waals surface area contributed by atoms with Crippen LogP contribution in [-0.4, -0.2) is 20.2 Å². The summed E-state index contributed by atoms with van der Waals surface area (Å²) < 4.78 is 16.7. The fourth-order valence-electron chi connectivity index (χ4n) is 3.45. The predicted octanol–water partition coefficient (Wildman–Crippen LogP) is 2.86. The summed E-state index contributed by atoms with van der Waals surface area (Å²) in [6.45, 7) is 0.148. The van der Waals surface area contributed by atoms with Gasteiger partial charge in [0.2, 0.25) is 0 Å². The smallest absolute Gasteiger partial charge is 0.288 e. The third kappa shape index (κ3) is 3.99. The first-order valence-corrected chi connectivity index (χ1v) is 9.70. The summed E-state index contributed by atoms with van der Waals surface area (Å²) in [6.07, 6.45) is 2.70. The number of hydrogen-bond acceptors (Lipinski definition) is 4. The second kappa shape index (κ2) is 8.83. The number of carbonyl (C=O) groups is 1. The molecular formula is C24H18FN3O4. The lowest BCUT2D eigenvalue weighted by molar-refractivity contribution is -0.124. The first kappa shape index (κ1) is 21.0. The van der Waals surface area contributed by atoms with E-state index in [0.717, 1.165) is 10.1 Å². The number of para-hydroxylation sites is 2. The zero-order valence-electron chi connectivity index (χ0n) is 16.7. The van der Waals surface area contributed by atoms with E-state index in [1.807, 2.05) is 0 Å². The Balaban J connectivity index is 1.82. The van der Waals surface area contributed by atoms with E-state index in [9.17, 15) is 18.8 Å². The molecule has 1 heterocycles. The van der Waals surface area contributed by atoms with Crippen LogP contribution in [0.3, 0.4) is 0 Å². The standard InChI is InChI=1S/C24H18FN3O4/c25-19-6-2-4-8-21(19)28-23(30)18-5-1-3-7-20(18)27(24(28)31)15-17-11-9-16(10-12-17)13-14-22(29)26-32/h1-14,32H,15H2,(H,26,29)/b14-13+. The van der Waals surface area contributed by atoms with Crippen molar-refractivity contribution in [3.05, 3.63) is 117 Å². The number of amides is 1. The fraction of sp³-hybridized carbons (Fsp3) is 0.0417. The Morgan fingerprint density at radius 2 is 1.66 bits per heavy atom. The molecule has 2 N–H and O–H groups in total. The highest BCUT2D eigenvalue weighted by Crippen LogP contribution is 2.15. The Morgan fingerprint density at radius 3 is 2.38 bits per heavy atom. The number of benzene rings is 3. The average molecular weight is 431 g/mol. The quantitative estimate of drug-likeness (QED) is 0.289. The topological polar surface area (TPSA) is 93.3 Å². The van der Waals surface area contributed by atoms with Crippen molar-refractivity contribution in [1.29, 1.82) is 0 Å². The van der Waals surface area contributed by atoms with Crippen molar-refractivity contribution < 1.29 is 14.4 Å². The monoisotopic (exact) mass is 431 g/mol. The van der Waals surface area contributed by atoms with E-state index in [1.165, 1.54) is 40.4 Å². The molecule has 7 nitrogen and oxygen atoms in total. The highest BCUT2D eigenvalue weighted by Gasteiger charge is 2.16. The molecule has 0 atom stereocenters. The maximum Gasteiger partial charge on any atom is 0.336 e. The van der Waals surface area contributed by atoms with Gasteiger partial charge in [-0.3, -0.25) is 19.4 Å². The van der Waals surface area contributed by atoms with Crippen LogP contribution >= 0.6 is 0 Å². The Morgan fingerprint density at radius 1 is 0.969 bits per heavy atom. The molecule has 4 rings (SSSR count). The Labute approximate surface area is 181 Å². The lowest BCUT2D eigenvalue weighted by Crippen LogP contribution is -2.39. The van der Waals surface area contributed by atoms with Gasteiger partial charge in [-0.15, -0.1) is 0 Å². The number of rotatable bonds is 5. The Hall–Kier alpha value is -4.30. The molecule has 32 heavy (non-hydrogen) atoms. The minimum Gasteiger partial charge on any atom is -0.288 e. The van der Waals surface area contributed by atoms with Crippen LogP contribution in [0.1, 0.15) is 11.1 Å². The number of hydrogen-bond donors (Lipinski definition) is 2. The van der Waals surface area contributed by atoms with E-state index in [4.69, 9.17) is 5.21 Å². The summed E-state index contributed by atoms with van der Waals surface area (Å²) in [4.78, 5) is 37.5. The minimum absolute atomic E-state index is 0.107. The molecule has 1 amide bonds. The van der Waals surface area contributed by atoms with Crippen molar-refractivity contribution in [2.45, 2.75) is 6.54 Å². The molecule has 0 saturated heterocycles. The maximum atomic E-state index is 14.4. The minimum atomic E-state index is -0.670. The van der Waals surface area contributed by atoms with Crippen molar-refractivity contribution in [3.8, 4) is 5.69 Å². The molecule has 0 aliphatic heterocycles. The molecule has 0 saturated carbocycles. The van der Waals surface area contributed by atoms with Gasteiger partial charge in [0.15, 0.2) is 0 Å². The van der Waals surface area contributed by atoms with Crippen LogP contribution < -0.4 is 16.7 Å². The predicted molar refractivity (Wildman–Crippen MR) is 118 cm³/mol. The third-order valence-corrected chi connectivity index (χ3v) is 5.00. The molecule has 4 aromatic rings. The second-order valence-electron chi connectivity index (χ2n) is 7.03. The van der Waals surface area contributed by atoms with Crippen LogP contribution in [0, 0.1) is 5.82 Å². The highest BCUT2D eigenvalue weighted by atomic mass is 19.1. The van der Waals surface area contributed by atoms with Crippen LogP contribution in [0.25, 0.3) is 22.7 Å². The number of aromatic nitrogens is 2. The lowest BCUT2D eigenvalue weighted by Gasteiger charge is -2.15. The van der Waals surface area contributed by atoms with Crippen LogP contribution in [0.15, 0.2) is 88.5 Å². The molecular weight excluding hydrogens is 413 g/mol. The number of fused-ring (bicyclic) bond motifs is 1. The van der Waals surface area contributed by atoms with Gasteiger partial charge in [0, 0.05) is 6.08 Å². The van der Waals surface area contributed by atoms with Crippen LogP contribution in [0.4, 0.5) is 4.39 Å². The highest BCUT2D eigenvalue weighted by molar-refractivity contribution is 5.90. The fourth-order valence-corrected chi connectivity index (χ4v) is 3.45. The zero-order chi connectivity index (χ0) is 22.7. The van der Waals surface area contributed by atoms with E-state index in [-0.39, 0.29) is 12.2 Å². The van der Waals surface area contributed by atoms with Gasteiger partial charge in [-0.05, 0) is 41.5 Å². The summed E-state index contributed by atoms with van der Waals surface area (Å²) in [6, 6.07) is 19.4. The van der Waals surface area contributed by atoms with E-state index in [2.05, 4.69) is 0 Å². The van der Waals surface area contributed by atoms with Crippen LogP contribution in [0.5, 0.6) is 0 Å². The van der Waals surface area contributed by atoms with Crippen molar-refractivity contribution in [2.75, 3.05) is 0 Å². The van der Waals surface area contributed by atoms with Gasteiger partial charge in [0.05, 0.1) is 23.1 Å². The third-order valence-electron chi connectivity index (χ3n) is 5.00. The summed E-state index contributed by atoms with van der Waals surface area (Å²) in [5.74, 6) is -1.32. The molecule has 0 aliphatic rings. The zero-order valence-corrected chi connectivity index (χ0v) is 16.7. The second-order valence-corrected chi connectivity index (χ2v) is 7.03. The summed E-state index contributed by atoms with van der Waals surface area (Å²) in [5.41, 5.74) is 2.09. The number of carbonyl (C=O) groups excluding carboxylic acids is 1. The van der Waals surface area contributed by atoms with Crippen molar-refractivity contribution >= 4 is 22.9 Å². The summed E-state index contributed by atoms with van der Waals surface area (Å²) in [7, 11) is 0. The largest absolute Gasteiger partial charge is 0.336 e. The molecule has 8 heteroatoms. The van der Waals surface area contributed by atoms with E-state index in [0.29, 0.717) is 16.5 Å². The number of halogens is 1. The molecule has 160 valence electrons. The molecule has 0 fully saturated rings. The van der Waals surface area contributed by atoms with E-state index < -0.39 is 23.0 Å². The lowest BCUT2D eigenvalue weighted by atomic mass is 10.1. The van der Waals surface area contributed by atoms with Crippen molar-refractivity contribution in [3.63, 3.8) is 0 Å². The number of hydroxylamine groups is 1. The average Bonchev–Trinajstić information content (AvgIpc) is 2.82. The number of nitrogens with one attached hydrogen (secondary N) is 1. The van der Waals surface area contributed by atoms with Gasteiger partial charge in [-0.25, -0.2) is 19.2 Å². The Bertz CT molecular complexity index is 1450. The van der Waals surface area contributed by atoms with E-state index in [1.54, 1.807) is 54.6 Å². The van der Waals surface area contributed by atoms with Crippen molar-refractivity contribution in [1.82, 2.24) is 14.6 Å². The SMILES string of the molecule is O=C(/C=C/c1ccc(Cn2c(=O)n(-c3ccccc3F)c(=O)c3ccccc32)cc1)NO. The van der Waals surface area contributed by atoms with Crippen molar-refractivity contribution in [2.24, 2.45) is 0 Å². The van der Waals surface area contributed by atoms with Crippen LogP contribution in [-0.2, 0) is 11.3 Å². The van der Waals surface area contributed by atoms with Gasteiger partial charge >= 0.3 is 5.69 Å². The van der Waals surface area contributed by atoms with Gasteiger partial charge in [0.25, 0.3) is 11.5 Å². The summed E-state index contributed by atoms with van der Waals surface area (Å²) in [5, 5.41) is 8.84. The van der Waals surface area contributed by atoms with Gasteiger partial charge < -0.3 is 0 Å². The van der Waals surface area contributed by atoms with Gasteiger partial charge in [0.1, 0.15) is 5.82 Å². The molecule has 0 bridgehead atoms. The van der Waals surface area contributed by atoms with Gasteiger partial charge in [-0.1, -0.05) is 48.5 Å². The molecule has 0 radical (unpaired) electrons. The first-order valence-electron chi connectivity index (χ1n) is 9.70. The molecule has 0 unspecified atom stereocenters. The first-order chi connectivity index (χ1) is 15.5. The summed E-state index contributed by atoms with van der Waals surface area (Å²) >= 11 is 0. The van der Waals surface area contributed by atoms with Crippen LogP contribution in [0.2, 0.25) is 0 Å². The maximum absolute atomic E-state index is 14.4. The molecule has 3 aromatic carbocycles.